The summed E-state index contributed by atoms with van der Waals surface area (Å²) in [6, 6.07) is 23.7. The predicted molar refractivity (Wildman–Crippen MR) is 368 cm³/mol. The Morgan fingerprint density at radius 2 is 0.390 bits per heavy atom. The van der Waals surface area contributed by atoms with Crippen molar-refractivity contribution in [3.05, 3.63) is 80.2 Å². The zero-order chi connectivity index (χ0) is 57.1. The molecular weight excluding hydrogens is 1070 g/mol. The van der Waals surface area contributed by atoms with Gasteiger partial charge in [-0.15, -0.1) is 65.7 Å². The summed E-state index contributed by atoms with van der Waals surface area (Å²) in [5.74, 6) is 0. The molecule has 4 nitrogen and oxygen atoms in total. The third kappa shape index (κ3) is 22.8. The number of aryl methyl sites for hydroxylation is 4. The van der Waals surface area contributed by atoms with Crippen molar-refractivity contribution in [1.29, 1.82) is 0 Å². The Balaban J connectivity index is 1.15. The molecule has 0 radical (unpaired) electrons. The monoisotopic (exact) mass is 1180 g/mol. The first kappa shape index (κ1) is 66.2. The number of rotatable bonds is 48. The average molecular weight is 1180 g/mol. The fourth-order valence-corrected chi connectivity index (χ4v) is 16.4. The van der Waals surface area contributed by atoms with Gasteiger partial charge in [-0.05, 0) is 112 Å². The van der Waals surface area contributed by atoms with Crippen LogP contribution in [0.1, 0.15) is 304 Å². The Morgan fingerprint density at radius 1 is 0.220 bits per heavy atom. The summed E-state index contributed by atoms with van der Waals surface area (Å²) in [7, 11) is 0. The van der Waals surface area contributed by atoms with Crippen molar-refractivity contribution in [2.24, 2.45) is 0 Å². The van der Waals surface area contributed by atoms with E-state index in [2.05, 4.69) is 88.4 Å². The summed E-state index contributed by atoms with van der Waals surface area (Å²) < 4.78 is 0. The molecule has 1 aromatic carbocycles. The van der Waals surface area contributed by atoms with Gasteiger partial charge in [0, 0.05) is 41.1 Å². The van der Waals surface area contributed by atoms with E-state index in [4.69, 9.17) is 20.4 Å². The zero-order valence-corrected chi connectivity index (χ0v) is 55.6. The highest BCUT2D eigenvalue weighted by Crippen LogP contribution is 2.44. The number of thiophene rings is 4. The van der Waals surface area contributed by atoms with Gasteiger partial charge in [0.05, 0.1) is 19.5 Å². The minimum absolute atomic E-state index is 0.995. The molecule has 0 atom stereocenters. The summed E-state index contributed by atoms with van der Waals surface area (Å²) in [5, 5.41) is 25.6. The number of nitrogens with zero attached hydrogens (tertiary/aromatic N) is 4. The van der Waals surface area contributed by atoms with Crippen LogP contribution in [0.15, 0.2) is 60.7 Å². The van der Waals surface area contributed by atoms with Gasteiger partial charge in [0.2, 0.25) is 0 Å². The average Bonchev–Trinajstić information content (AvgIpc) is 2.81. The Morgan fingerprint density at radius 3 is 0.573 bits per heavy atom. The number of hydrogen-bond acceptors (Lipinski definition) is 8. The summed E-state index contributed by atoms with van der Waals surface area (Å²) in [5.41, 5.74) is 3.98. The van der Waals surface area contributed by atoms with Crippen molar-refractivity contribution in [2.45, 2.75) is 310 Å². The van der Waals surface area contributed by atoms with Gasteiger partial charge in [0.1, 0.15) is 22.8 Å². The van der Waals surface area contributed by atoms with E-state index in [9.17, 15) is 0 Å². The van der Waals surface area contributed by atoms with Crippen molar-refractivity contribution >= 4 is 66.9 Å². The standard InChI is InChI=1S/C74H110N4S4/c1-5-9-13-17-21-25-29-33-37-41-45-59-49-53-67(79-59)71-63-57-65-66(58-64(63)72(76-75-71)68-54-50-60(80-68)46-42-38-34-30-26-22-18-14-10-6-2)74(70-56-52-62(82-70)48-44-40-36-32-28-24-20-16-12-8-4)78-77-73(65)69-55-51-61(81-69)47-43-39-35-31-27-23-19-15-11-7-3/h49-58H,5-48H2,1-4H3. The first-order chi connectivity index (χ1) is 40.6. The van der Waals surface area contributed by atoms with Crippen LogP contribution in [0.25, 0.3) is 63.8 Å². The molecule has 0 saturated heterocycles. The van der Waals surface area contributed by atoms with E-state index in [-0.39, 0.29) is 0 Å². The van der Waals surface area contributed by atoms with Gasteiger partial charge in [-0.2, -0.15) is 0 Å². The third-order valence-electron chi connectivity index (χ3n) is 17.4. The molecule has 7 aromatic rings. The molecule has 0 unspecified atom stereocenters. The van der Waals surface area contributed by atoms with Crippen LogP contribution >= 0.6 is 45.3 Å². The Kier molecular flexibility index (Phi) is 32.4. The highest BCUT2D eigenvalue weighted by Gasteiger charge is 2.22. The van der Waals surface area contributed by atoms with Gasteiger partial charge in [0.15, 0.2) is 0 Å². The van der Waals surface area contributed by atoms with Gasteiger partial charge >= 0.3 is 0 Å². The minimum atomic E-state index is 0.995. The molecule has 0 saturated carbocycles. The van der Waals surface area contributed by atoms with Gasteiger partial charge in [-0.25, -0.2) is 0 Å². The molecule has 0 aliphatic carbocycles. The summed E-state index contributed by atoms with van der Waals surface area (Å²) in [6.45, 7) is 9.24. The molecule has 82 heavy (non-hydrogen) atoms. The normalized spacial score (nSPS) is 11.9. The summed E-state index contributed by atoms with van der Waals surface area (Å²) >= 11 is 7.71. The second-order valence-corrected chi connectivity index (χ2v) is 29.2. The van der Waals surface area contributed by atoms with E-state index in [1.807, 2.05) is 45.3 Å². The predicted octanol–water partition coefficient (Wildman–Crippen LogP) is 26.3. The van der Waals surface area contributed by atoms with E-state index in [1.54, 1.807) is 0 Å². The van der Waals surface area contributed by atoms with Crippen LogP contribution in [0.3, 0.4) is 0 Å². The number of unbranched alkanes of at least 4 members (excludes halogenated alkanes) is 36. The molecule has 8 heteroatoms. The first-order valence-corrected chi connectivity index (χ1v) is 37.7. The van der Waals surface area contributed by atoms with Crippen LogP contribution in [0, 0.1) is 0 Å². The van der Waals surface area contributed by atoms with Crippen LogP contribution in [0.5, 0.6) is 0 Å². The van der Waals surface area contributed by atoms with Crippen LogP contribution in [-0.2, 0) is 25.7 Å². The lowest BCUT2D eigenvalue weighted by Gasteiger charge is -2.13. The second-order valence-electron chi connectivity index (χ2n) is 24.5. The second kappa shape index (κ2) is 40.1. The lowest BCUT2D eigenvalue weighted by atomic mass is 9.98. The van der Waals surface area contributed by atoms with Crippen LogP contribution in [0.2, 0.25) is 0 Å². The molecule has 450 valence electrons. The topological polar surface area (TPSA) is 51.6 Å². The highest BCUT2D eigenvalue weighted by molar-refractivity contribution is 7.16. The van der Waals surface area contributed by atoms with E-state index in [1.165, 1.54) is 317 Å². The molecule has 7 rings (SSSR count). The zero-order valence-electron chi connectivity index (χ0n) is 52.3. The SMILES string of the molecule is CCCCCCCCCCCCc1ccc(-c2nnc(-c3ccc(CCCCCCCCCCCC)s3)c3cc4c(-c5ccc(CCCCCCCCCCCC)s5)nnc(-c5ccc(CCCCCCCCCCCC)s5)c4cc23)s1. The van der Waals surface area contributed by atoms with Gasteiger partial charge < -0.3 is 0 Å². The maximum Gasteiger partial charge on any atom is 0.111 e. The van der Waals surface area contributed by atoms with Crippen LogP contribution < -0.4 is 0 Å². The van der Waals surface area contributed by atoms with Crippen LogP contribution in [0.4, 0.5) is 0 Å². The van der Waals surface area contributed by atoms with Gasteiger partial charge in [-0.3, -0.25) is 0 Å². The molecule has 0 fully saturated rings. The smallest absolute Gasteiger partial charge is 0.111 e. The number of fused-ring (bicyclic) bond motifs is 2. The third-order valence-corrected chi connectivity index (χ3v) is 22.0. The Hall–Kier alpha value is -3.30. The highest BCUT2D eigenvalue weighted by atomic mass is 32.1. The largest absolute Gasteiger partial charge is 0.148 e. The lowest BCUT2D eigenvalue weighted by molar-refractivity contribution is 0.557. The lowest BCUT2D eigenvalue weighted by Crippen LogP contribution is -1.97. The Bertz CT molecular complexity index is 2400. The van der Waals surface area contributed by atoms with Crippen molar-refractivity contribution in [2.75, 3.05) is 0 Å². The van der Waals surface area contributed by atoms with E-state index >= 15 is 0 Å². The van der Waals surface area contributed by atoms with Crippen molar-refractivity contribution in [3.8, 4) is 42.3 Å². The molecule has 0 N–H and O–H groups in total. The molecule has 0 bridgehead atoms. The minimum Gasteiger partial charge on any atom is -0.148 e. The molecule has 0 spiro atoms. The quantitative estimate of drug-likeness (QED) is 0.0282. The van der Waals surface area contributed by atoms with Crippen molar-refractivity contribution in [3.63, 3.8) is 0 Å². The molecule has 0 aliphatic rings. The molecule has 6 aromatic heterocycles. The van der Waals surface area contributed by atoms with E-state index in [0.717, 1.165) is 48.5 Å². The first-order valence-electron chi connectivity index (χ1n) is 34.5. The molecule has 0 aliphatic heterocycles. The molecule has 6 heterocycles. The van der Waals surface area contributed by atoms with E-state index in [0.29, 0.717) is 0 Å². The van der Waals surface area contributed by atoms with Crippen molar-refractivity contribution < 1.29 is 0 Å². The van der Waals surface area contributed by atoms with Gasteiger partial charge in [-0.1, -0.05) is 259 Å². The van der Waals surface area contributed by atoms with Gasteiger partial charge in [0.25, 0.3) is 0 Å². The summed E-state index contributed by atoms with van der Waals surface area (Å²) in [6.07, 6.45) is 59.1. The van der Waals surface area contributed by atoms with E-state index < -0.39 is 0 Å². The molecular formula is C74H110N4S4. The maximum atomic E-state index is 5.24. The summed E-state index contributed by atoms with van der Waals surface area (Å²) in [4.78, 5) is 10.7. The maximum absolute atomic E-state index is 5.24. The number of aromatic nitrogens is 4. The fraction of sp³-hybridized carbons (Fsp3) is 0.649. The fourth-order valence-electron chi connectivity index (χ4n) is 12.2. The number of benzene rings is 1. The molecule has 0 amide bonds. The number of hydrogen-bond donors (Lipinski definition) is 0. The van der Waals surface area contributed by atoms with Crippen LogP contribution in [-0.4, -0.2) is 20.4 Å². The van der Waals surface area contributed by atoms with Crippen molar-refractivity contribution in [1.82, 2.24) is 20.4 Å². The Labute approximate surface area is 516 Å².